The largest absolute Gasteiger partial charge is 0.302 e. The molecule has 0 heterocycles. The molecular weight excluding hydrogens is 238 g/mol. The molecule has 0 radical (unpaired) electrons. The van der Waals surface area contributed by atoms with E-state index in [4.69, 9.17) is 5.84 Å². The summed E-state index contributed by atoms with van der Waals surface area (Å²) in [5.74, 6) is 4.90. The van der Waals surface area contributed by atoms with Gasteiger partial charge in [0.15, 0.2) is 0 Å². The van der Waals surface area contributed by atoms with E-state index in [0.29, 0.717) is 6.42 Å². The van der Waals surface area contributed by atoms with Crippen molar-refractivity contribution in [3.63, 3.8) is 0 Å². The Morgan fingerprint density at radius 2 is 1.84 bits per heavy atom. The molecule has 1 aromatic carbocycles. The minimum absolute atomic E-state index is 0.163. The van der Waals surface area contributed by atoms with Crippen molar-refractivity contribution in [2.24, 2.45) is 5.84 Å². The Morgan fingerprint density at radius 3 is 2.42 bits per heavy atom. The predicted octanol–water partition coefficient (Wildman–Crippen LogP) is 1.84. The van der Waals surface area contributed by atoms with Crippen molar-refractivity contribution in [1.82, 2.24) is 10.3 Å². The average Bonchev–Trinajstić information content (AvgIpc) is 2.41. The summed E-state index contributed by atoms with van der Waals surface area (Å²) in [5.41, 5.74) is 4.40. The SMILES string of the molecule is CCCCCN(C)Cc1ccc(CC(=O)NN)cc1. The molecule has 4 heteroatoms. The molecule has 3 N–H and O–H groups in total. The molecule has 1 amide bonds. The van der Waals surface area contributed by atoms with E-state index in [1.54, 1.807) is 0 Å². The number of carbonyl (C=O) groups is 1. The van der Waals surface area contributed by atoms with E-state index in [2.05, 4.69) is 36.4 Å². The first kappa shape index (κ1) is 15.7. The van der Waals surface area contributed by atoms with Gasteiger partial charge in [-0.2, -0.15) is 0 Å². The summed E-state index contributed by atoms with van der Waals surface area (Å²) in [4.78, 5) is 13.5. The number of nitrogens with one attached hydrogen (secondary N) is 1. The van der Waals surface area contributed by atoms with E-state index in [-0.39, 0.29) is 5.91 Å². The minimum atomic E-state index is -0.163. The first-order valence-electron chi connectivity index (χ1n) is 6.91. The Labute approximate surface area is 115 Å². The zero-order valence-electron chi connectivity index (χ0n) is 12.0. The van der Waals surface area contributed by atoms with Gasteiger partial charge in [0, 0.05) is 6.54 Å². The molecule has 4 nitrogen and oxygen atoms in total. The third-order valence-electron chi connectivity index (χ3n) is 3.14. The van der Waals surface area contributed by atoms with E-state index in [0.717, 1.165) is 18.7 Å². The van der Waals surface area contributed by atoms with E-state index >= 15 is 0 Å². The van der Waals surface area contributed by atoms with Gasteiger partial charge in [-0.1, -0.05) is 44.0 Å². The van der Waals surface area contributed by atoms with Crippen molar-refractivity contribution in [2.75, 3.05) is 13.6 Å². The van der Waals surface area contributed by atoms with Gasteiger partial charge in [0.2, 0.25) is 5.91 Å². The van der Waals surface area contributed by atoms with Gasteiger partial charge in [-0.3, -0.25) is 10.2 Å². The zero-order valence-corrected chi connectivity index (χ0v) is 12.0. The quantitative estimate of drug-likeness (QED) is 0.326. The van der Waals surface area contributed by atoms with Gasteiger partial charge in [-0.05, 0) is 31.1 Å². The second kappa shape index (κ2) is 8.67. The van der Waals surface area contributed by atoms with Crippen LogP contribution in [-0.4, -0.2) is 24.4 Å². The van der Waals surface area contributed by atoms with Gasteiger partial charge in [-0.25, -0.2) is 5.84 Å². The maximum atomic E-state index is 11.1. The molecule has 106 valence electrons. The molecule has 0 bridgehead atoms. The molecule has 0 saturated heterocycles. The number of rotatable bonds is 8. The topological polar surface area (TPSA) is 58.4 Å². The third-order valence-corrected chi connectivity index (χ3v) is 3.14. The van der Waals surface area contributed by atoms with Crippen LogP contribution in [0.1, 0.15) is 37.3 Å². The molecular formula is C15H25N3O. The van der Waals surface area contributed by atoms with Crippen LogP contribution in [0.5, 0.6) is 0 Å². The van der Waals surface area contributed by atoms with Gasteiger partial charge in [-0.15, -0.1) is 0 Å². The number of nitrogens with zero attached hydrogens (tertiary/aromatic N) is 1. The number of amides is 1. The second-order valence-corrected chi connectivity index (χ2v) is 5.01. The van der Waals surface area contributed by atoms with Crippen molar-refractivity contribution < 1.29 is 4.79 Å². The van der Waals surface area contributed by atoms with Crippen LogP contribution < -0.4 is 11.3 Å². The summed E-state index contributed by atoms with van der Waals surface area (Å²) in [6, 6.07) is 8.14. The highest BCUT2D eigenvalue weighted by molar-refractivity contribution is 5.77. The Bertz CT molecular complexity index is 375. The molecule has 0 aliphatic heterocycles. The third kappa shape index (κ3) is 6.36. The summed E-state index contributed by atoms with van der Waals surface area (Å²) in [6.07, 6.45) is 4.13. The van der Waals surface area contributed by atoms with Crippen LogP contribution >= 0.6 is 0 Å². The van der Waals surface area contributed by atoms with Crippen LogP contribution in [0, 0.1) is 0 Å². The highest BCUT2D eigenvalue weighted by Gasteiger charge is 2.03. The summed E-state index contributed by atoms with van der Waals surface area (Å²) < 4.78 is 0. The minimum Gasteiger partial charge on any atom is -0.302 e. The number of carbonyl (C=O) groups excluding carboxylic acids is 1. The van der Waals surface area contributed by atoms with Crippen LogP contribution in [0.15, 0.2) is 24.3 Å². The van der Waals surface area contributed by atoms with Gasteiger partial charge in [0.05, 0.1) is 6.42 Å². The lowest BCUT2D eigenvalue weighted by Gasteiger charge is -2.16. The maximum Gasteiger partial charge on any atom is 0.238 e. The molecule has 0 saturated carbocycles. The van der Waals surface area contributed by atoms with Crippen molar-refractivity contribution in [3.05, 3.63) is 35.4 Å². The molecule has 0 aliphatic rings. The van der Waals surface area contributed by atoms with Crippen LogP contribution in [0.3, 0.4) is 0 Å². The summed E-state index contributed by atoms with van der Waals surface area (Å²) >= 11 is 0. The number of unbranched alkanes of at least 4 members (excludes halogenated alkanes) is 2. The number of hydrogen-bond donors (Lipinski definition) is 2. The Hall–Kier alpha value is -1.39. The maximum absolute atomic E-state index is 11.1. The lowest BCUT2D eigenvalue weighted by atomic mass is 10.1. The number of benzene rings is 1. The van der Waals surface area contributed by atoms with Crippen molar-refractivity contribution >= 4 is 5.91 Å². The fourth-order valence-electron chi connectivity index (χ4n) is 2.02. The first-order valence-corrected chi connectivity index (χ1v) is 6.91. The van der Waals surface area contributed by atoms with Gasteiger partial charge >= 0.3 is 0 Å². The van der Waals surface area contributed by atoms with E-state index in [9.17, 15) is 4.79 Å². The molecule has 1 aromatic rings. The van der Waals surface area contributed by atoms with Crippen molar-refractivity contribution in [1.29, 1.82) is 0 Å². The lowest BCUT2D eigenvalue weighted by molar-refractivity contribution is -0.120. The highest BCUT2D eigenvalue weighted by atomic mass is 16.2. The predicted molar refractivity (Wildman–Crippen MR) is 78.3 cm³/mol. The molecule has 0 spiro atoms. The zero-order chi connectivity index (χ0) is 14.1. The summed E-state index contributed by atoms with van der Waals surface area (Å²) in [6.45, 7) is 4.30. The molecule has 1 rings (SSSR count). The second-order valence-electron chi connectivity index (χ2n) is 5.01. The molecule has 0 atom stereocenters. The first-order chi connectivity index (χ1) is 9.15. The van der Waals surface area contributed by atoms with E-state index < -0.39 is 0 Å². The van der Waals surface area contributed by atoms with Gasteiger partial charge in [0.25, 0.3) is 0 Å². The fourth-order valence-corrected chi connectivity index (χ4v) is 2.02. The van der Waals surface area contributed by atoms with E-state index in [1.165, 1.54) is 24.8 Å². The van der Waals surface area contributed by atoms with Crippen molar-refractivity contribution in [3.8, 4) is 0 Å². The van der Waals surface area contributed by atoms with Gasteiger partial charge in [0.1, 0.15) is 0 Å². The molecule has 19 heavy (non-hydrogen) atoms. The number of hydrogen-bond acceptors (Lipinski definition) is 3. The standard InChI is InChI=1S/C15H25N3O/c1-3-4-5-10-18(2)12-14-8-6-13(7-9-14)11-15(19)17-16/h6-9H,3-5,10-12,16H2,1-2H3,(H,17,19). The smallest absolute Gasteiger partial charge is 0.238 e. The van der Waals surface area contributed by atoms with Crippen molar-refractivity contribution in [2.45, 2.75) is 39.2 Å². The molecule has 0 aromatic heterocycles. The Morgan fingerprint density at radius 1 is 1.21 bits per heavy atom. The number of hydrazine groups is 1. The van der Waals surface area contributed by atoms with Gasteiger partial charge < -0.3 is 4.90 Å². The normalized spacial score (nSPS) is 10.7. The summed E-state index contributed by atoms with van der Waals surface area (Å²) in [5, 5.41) is 0. The Kier molecular flexibility index (Phi) is 7.15. The van der Waals surface area contributed by atoms with Crippen LogP contribution in [0.2, 0.25) is 0 Å². The molecule has 0 fully saturated rings. The highest BCUT2D eigenvalue weighted by Crippen LogP contribution is 2.08. The Balaban J connectivity index is 2.41. The fraction of sp³-hybridized carbons (Fsp3) is 0.533. The average molecular weight is 263 g/mol. The number of nitrogens with two attached hydrogens (primary N) is 1. The molecule has 0 aliphatic carbocycles. The van der Waals surface area contributed by atoms with Crippen LogP contribution in [0.4, 0.5) is 0 Å². The van der Waals surface area contributed by atoms with E-state index in [1.807, 2.05) is 12.1 Å². The van der Waals surface area contributed by atoms with Crippen LogP contribution in [-0.2, 0) is 17.8 Å². The lowest BCUT2D eigenvalue weighted by Crippen LogP contribution is -2.31. The monoisotopic (exact) mass is 263 g/mol. The van der Waals surface area contributed by atoms with Crippen LogP contribution in [0.25, 0.3) is 0 Å². The summed E-state index contributed by atoms with van der Waals surface area (Å²) in [7, 11) is 2.14. The molecule has 0 unspecified atom stereocenters.